The minimum absolute atomic E-state index is 0.0423. The largest absolute Gasteiger partial charge is 0.481 e. The monoisotopic (exact) mass is 236 g/mol. The Balaban J connectivity index is 2.11. The van der Waals surface area contributed by atoms with E-state index in [1.807, 2.05) is 6.92 Å². The van der Waals surface area contributed by atoms with Crippen molar-refractivity contribution >= 4 is 5.82 Å². The first-order valence-corrected chi connectivity index (χ1v) is 5.99. The predicted octanol–water partition coefficient (Wildman–Crippen LogP) is 1.11. The van der Waals surface area contributed by atoms with Crippen molar-refractivity contribution in [2.45, 2.75) is 32.2 Å². The van der Waals surface area contributed by atoms with Gasteiger partial charge in [0.05, 0.1) is 18.2 Å². The van der Waals surface area contributed by atoms with Crippen molar-refractivity contribution in [3.63, 3.8) is 0 Å². The van der Waals surface area contributed by atoms with Crippen LogP contribution in [0.15, 0.2) is 6.33 Å². The Hall–Kier alpha value is -1.36. The van der Waals surface area contributed by atoms with Gasteiger partial charge in [-0.15, -0.1) is 0 Å². The van der Waals surface area contributed by atoms with Crippen LogP contribution < -0.4 is 15.4 Å². The third-order valence-corrected chi connectivity index (χ3v) is 3.26. The molecule has 5 heteroatoms. The van der Waals surface area contributed by atoms with Crippen LogP contribution in [-0.2, 0) is 0 Å². The Bertz CT molecular complexity index is 401. The molecule has 5 nitrogen and oxygen atoms in total. The molecule has 1 aromatic heterocycles. The van der Waals surface area contributed by atoms with Gasteiger partial charge in [-0.2, -0.15) is 0 Å². The van der Waals surface area contributed by atoms with Gasteiger partial charge in [-0.1, -0.05) is 13.3 Å². The Labute approximate surface area is 102 Å². The summed E-state index contributed by atoms with van der Waals surface area (Å²) in [5.74, 6) is 1.58. The summed E-state index contributed by atoms with van der Waals surface area (Å²) in [5, 5.41) is 0. The van der Waals surface area contributed by atoms with Gasteiger partial charge in [0, 0.05) is 13.1 Å². The highest BCUT2D eigenvalue weighted by molar-refractivity contribution is 5.53. The van der Waals surface area contributed by atoms with Crippen LogP contribution in [0.1, 0.15) is 25.3 Å². The molecule has 1 aliphatic heterocycles. The van der Waals surface area contributed by atoms with Gasteiger partial charge in [0.15, 0.2) is 0 Å². The molecule has 0 spiro atoms. The molecule has 2 rings (SSSR count). The number of hydrogen-bond donors (Lipinski definition) is 1. The molecule has 1 aromatic rings. The molecular weight excluding hydrogens is 216 g/mol. The van der Waals surface area contributed by atoms with E-state index in [0.717, 1.165) is 37.3 Å². The van der Waals surface area contributed by atoms with Crippen LogP contribution in [-0.4, -0.2) is 35.7 Å². The second-order valence-electron chi connectivity index (χ2n) is 4.80. The molecule has 0 aromatic carbocycles. The first-order valence-electron chi connectivity index (χ1n) is 5.99. The fraction of sp³-hybridized carbons (Fsp3) is 0.667. The zero-order valence-corrected chi connectivity index (χ0v) is 10.7. The zero-order valence-electron chi connectivity index (χ0n) is 10.7. The van der Waals surface area contributed by atoms with Crippen LogP contribution >= 0.6 is 0 Å². The SMILES string of the molecule is CCCC1(N)CN(c2ncnc(OC)c2C)C1. The molecule has 1 saturated heterocycles. The van der Waals surface area contributed by atoms with E-state index in [1.54, 1.807) is 7.11 Å². The molecule has 1 aliphatic rings. The lowest BCUT2D eigenvalue weighted by Gasteiger charge is -2.48. The lowest BCUT2D eigenvalue weighted by molar-refractivity contribution is 0.304. The quantitative estimate of drug-likeness (QED) is 0.848. The van der Waals surface area contributed by atoms with E-state index in [1.165, 1.54) is 6.33 Å². The molecule has 0 aliphatic carbocycles. The zero-order chi connectivity index (χ0) is 12.5. The van der Waals surface area contributed by atoms with Gasteiger partial charge in [-0.3, -0.25) is 0 Å². The summed E-state index contributed by atoms with van der Waals surface area (Å²) in [4.78, 5) is 10.6. The summed E-state index contributed by atoms with van der Waals surface area (Å²) < 4.78 is 5.19. The summed E-state index contributed by atoms with van der Waals surface area (Å²) in [6.45, 7) is 5.87. The van der Waals surface area contributed by atoms with E-state index in [4.69, 9.17) is 10.5 Å². The second kappa shape index (κ2) is 4.49. The van der Waals surface area contributed by atoms with Crippen LogP contribution in [0, 0.1) is 6.92 Å². The van der Waals surface area contributed by atoms with E-state index < -0.39 is 0 Å². The van der Waals surface area contributed by atoms with E-state index in [9.17, 15) is 0 Å². The van der Waals surface area contributed by atoms with Gasteiger partial charge in [-0.25, -0.2) is 9.97 Å². The number of nitrogens with zero attached hydrogens (tertiary/aromatic N) is 3. The first kappa shape index (κ1) is 12.1. The van der Waals surface area contributed by atoms with E-state index in [0.29, 0.717) is 5.88 Å². The number of rotatable bonds is 4. The van der Waals surface area contributed by atoms with E-state index in [2.05, 4.69) is 21.8 Å². The number of methoxy groups -OCH3 is 1. The normalized spacial score (nSPS) is 17.8. The van der Waals surface area contributed by atoms with Crippen molar-refractivity contribution in [2.75, 3.05) is 25.1 Å². The standard InChI is InChI=1S/C12H20N4O/c1-4-5-12(13)6-16(7-12)10-9(2)11(17-3)15-8-14-10/h8H,4-7,13H2,1-3H3. The Morgan fingerprint density at radius 2 is 2.18 bits per heavy atom. The average molecular weight is 236 g/mol. The second-order valence-corrected chi connectivity index (χ2v) is 4.80. The van der Waals surface area contributed by atoms with Gasteiger partial charge in [0.1, 0.15) is 12.1 Å². The highest BCUT2D eigenvalue weighted by Gasteiger charge is 2.39. The lowest BCUT2D eigenvalue weighted by Crippen LogP contribution is -2.67. The van der Waals surface area contributed by atoms with Gasteiger partial charge in [0.2, 0.25) is 5.88 Å². The summed E-state index contributed by atoms with van der Waals surface area (Å²) >= 11 is 0. The molecule has 94 valence electrons. The van der Waals surface area contributed by atoms with Crippen LogP contribution in [0.3, 0.4) is 0 Å². The molecule has 0 atom stereocenters. The van der Waals surface area contributed by atoms with Crippen molar-refractivity contribution in [1.29, 1.82) is 0 Å². The summed E-state index contributed by atoms with van der Waals surface area (Å²) in [6, 6.07) is 0. The van der Waals surface area contributed by atoms with E-state index in [-0.39, 0.29) is 5.54 Å². The van der Waals surface area contributed by atoms with Gasteiger partial charge < -0.3 is 15.4 Å². The number of aromatic nitrogens is 2. The van der Waals surface area contributed by atoms with Gasteiger partial charge in [0.25, 0.3) is 0 Å². The third kappa shape index (κ3) is 2.20. The highest BCUT2D eigenvalue weighted by atomic mass is 16.5. The number of nitrogens with two attached hydrogens (primary N) is 1. The molecule has 0 unspecified atom stereocenters. The Morgan fingerprint density at radius 3 is 2.76 bits per heavy atom. The van der Waals surface area contributed by atoms with Crippen LogP contribution in [0.5, 0.6) is 5.88 Å². The third-order valence-electron chi connectivity index (χ3n) is 3.26. The minimum Gasteiger partial charge on any atom is -0.481 e. The molecular formula is C12H20N4O. The van der Waals surface area contributed by atoms with Crippen LogP contribution in [0.4, 0.5) is 5.82 Å². The van der Waals surface area contributed by atoms with Crippen molar-refractivity contribution in [1.82, 2.24) is 9.97 Å². The molecule has 17 heavy (non-hydrogen) atoms. The maximum Gasteiger partial charge on any atom is 0.221 e. The Kier molecular flexibility index (Phi) is 3.19. The van der Waals surface area contributed by atoms with E-state index >= 15 is 0 Å². The van der Waals surface area contributed by atoms with Crippen molar-refractivity contribution < 1.29 is 4.74 Å². The van der Waals surface area contributed by atoms with Crippen molar-refractivity contribution in [2.24, 2.45) is 5.73 Å². The topological polar surface area (TPSA) is 64.3 Å². The van der Waals surface area contributed by atoms with Crippen molar-refractivity contribution in [3.05, 3.63) is 11.9 Å². The maximum absolute atomic E-state index is 6.25. The fourth-order valence-corrected chi connectivity index (χ4v) is 2.47. The Morgan fingerprint density at radius 1 is 1.47 bits per heavy atom. The molecule has 0 radical (unpaired) electrons. The molecule has 0 amide bonds. The number of anilines is 1. The van der Waals surface area contributed by atoms with Gasteiger partial charge in [-0.05, 0) is 13.3 Å². The summed E-state index contributed by atoms with van der Waals surface area (Å²) in [5.41, 5.74) is 7.18. The predicted molar refractivity (Wildman–Crippen MR) is 67.4 cm³/mol. The average Bonchev–Trinajstić information content (AvgIpc) is 2.27. The molecule has 0 saturated carbocycles. The molecule has 1 fully saturated rings. The number of hydrogen-bond acceptors (Lipinski definition) is 5. The molecule has 2 heterocycles. The lowest BCUT2D eigenvalue weighted by atomic mass is 9.86. The van der Waals surface area contributed by atoms with Crippen LogP contribution in [0.25, 0.3) is 0 Å². The molecule has 0 bridgehead atoms. The molecule has 2 N–H and O–H groups in total. The minimum atomic E-state index is -0.0423. The first-order chi connectivity index (χ1) is 8.09. The smallest absolute Gasteiger partial charge is 0.221 e. The fourth-order valence-electron chi connectivity index (χ4n) is 2.47. The summed E-state index contributed by atoms with van der Waals surface area (Å²) in [7, 11) is 1.62. The number of ether oxygens (including phenoxy) is 1. The van der Waals surface area contributed by atoms with Crippen molar-refractivity contribution in [3.8, 4) is 5.88 Å². The van der Waals surface area contributed by atoms with Gasteiger partial charge >= 0.3 is 0 Å². The van der Waals surface area contributed by atoms with Crippen LogP contribution in [0.2, 0.25) is 0 Å². The summed E-state index contributed by atoms with van der Waals surface area (Å²) in [6.07, 6.45) is 3.72. The highest BCUT2D eigenvalue weighted by Crippen LogP contribution is 2.31. The maximum atomic E-state index is 6.25.